The number of nitrogens with zero attached hydrogens (tertiary/aromatic N) is 1. The maximum Gasteiger partial charge on any atom is 0.261 e. The number of hydrogen-bond acceptors (Lipinski definition) is 4. The van der Waals surface area contributed by atoms with Gasteiger partial charge in [0.15, 0.2) is 0 Å². The largest absolute Gasteiger partial charge is 0.351 e. The molecule has 2 rings (SSSR count). The van der Waals surface area contributed by atoms with E-state index in [-0.39, 0.29) is 11.8 Å². The summed E-state index contributed by atoms with van der Waals surface area (Å²) in [4.78, 5) is 27.6. The van der Waals surface area contributed by atoms with Crippen LogP contribution in [0.25, 0.3) is 0 Å². The summed E-state index contributed by atoms with van der Waals surface area (Å²) >= 11 is 3.12. The molecule has 0 saturated carbocycles. The Kier molecular flexibility index (Phi) is 7.34. The summed E-state index contributed by atoms with van der Waals surface area (Å²) in [5, 5.41) is 4.71. The van der Waals surface area contributed by atoms with Crippen molar-refractivity contribution in [2.24, 2.45) is 0 Å². The summed E-state index contributed by atoms with van der Waals surface area (Å²) in [7, 11) is 1.81. The average molecular weight is 363 g/mol. The molecular weight excluding hydrogens is 340 g/mol. The highest BCUT2D eigenvalue weighted by Crippen LogP contribution is 2.15. The maximum absolute atomic E-state index is 12.2. The number of hydrogen-bond donors (Lipinski definition) is 1. The molecule has 2 amide bonds. The molecule has 1 heterocycles. The lowest BCUT2D eigenvalue weighted by atomic mass is 10.2. The van der Waals surface area contributed by atoms with E-state index in [0.29, 0.717) is 30.8 Å². The maximum atomic E-state index is 12.2. The highest BCUT2D eigenvalue weighted by Gasteiger charge is 2.10. The van der Waals surface area contributed by atoms with E-state index in [4.69, 9.17) is 0 Å². The molecule has 1 aromatic carbocycles. The van der Waals surface area contributed by atoms with Crippen molar-refractivity contribution in [2.45, 2.75) is 24.3 Å². The molecule has 2 aromatic rings. The minimum Gasteiger partial charge on any atom is -0.351 e. The Morgan fingerprint density at radius 1 is 1.21 bits per heavy atom. The summed E-state index contributed by atoms with van der Waals surface area (Å²) in [5.74, 6) is 0.0222. The van der Waals surface area contributed by atoms with Crippen molar-refractivity contribution < 1.29 is 9.59 Å². The van der Waals surface area contributed by atoms with Crippen molar-refractivity contribution >= 4 is 34.9 Å². The lowest BCUT2D eigenvalue weighted by Gasteiger charge is -2.17. The Morgan fingerprint density at radius 3 is 2.58 bits per heavy atom. The van der Waals surface area contributed by atoms with Gasteiger partial charge in [0, 0.05) is 31.5 Å². The van der Waals surface area contributed by atoms with Crippen LogP contribution in [0.2, 0.25) is 0 Å². The SMILES string of the molecule is CSc1ccc(CN(C)C(=O)CCCNC(=O)c2cccs2)cc1. The summed E-state index contributed by atoms with van der Waals surface area (Å²) in [6, 6.07) is 11.9. The fraction of sp³-hybridized carbons (Fsp3) is 0.333. The molecule has 0 aliphatic carbocycles. The molecule has 0 spiro atoms. The van der Waals surface area contributed by atoms with E-state index in [2.05, 4.69) is 29.6 Å². The summed E-state index contributed by atoms with van der Waals surface area (Å²) < 4.78 is 0. The van der Waals surface area contributed by atoms with Crippen molar-refractivity contribution in [3.8, 4) is 0 Å². The van der Waals surface area contributed by atoms with Crippen LogP contribution in [-0.4, -0.2) is 36.6 Å². The van der Waals surface area contributed by atoms with Gasteiger partial charge >= 0.3 is 0 Å². The molecule has 0 saturated heterocycles. The second kappa shape index (κ2) is 9.49. The van der Waals surface area contributed by atoms with E-state index < -0.39 is 0 Å². The Balaban J connectivity index is 1.68. The molecular formula is C18H22N2O2S2. The Hall–Kier alpha value is -1.79. The van der Waals surface area contributed by atoms with Crippen LogP contribution in [-0.2, 0) is 11.3 Å². The number of thiophene rings is 1. The molecule has 0 unspecified atom stereocenters. The third-order valence-electron chi connectivity index (χ3n) is 3.60. The number of carbonyl (C=O) groups excluding carboxylic acids is 2. The molecule has 24 heavy (non-hydrogen) atoms. The molecule has 0 aliphatic rings. The fourth-order valence-corrected chi connectivity index (χ4v) is 3.27. The molecule has 0 bridgehead atoms. The summed E-state index contributed by atoms with van der Waals surface area (Å²) in [6.45, 7) is 1.12. The van der Waals surface area contributed by atoms with Gasteiger partial charge in [-0.05, 0) is 41.8 Å². The molecule has 0 radical (unpaired) electrons. The van der Waals surface area contributed by atoms with E-state index in [9.17, 15) is 9.59 Å². The molecule has 1 N–H and O–H groups in total. The predicted octanol–water partition coefficient (Wildman–Crippen LogP) is 3.64. The number of amides is 2. The van der Waals surface area contributed by atoms with E-state index in [1.807, 2.05) is 24.7 Å². The third kappa shape index (κ3) is 5.69. The zero-order valence-corrected chi connectivity index (χ0v) is 15.6. The third-order valence-corrected chi connectivity index (χ3v) is 5.21. The van der Waals surface area contributed by atoms with E-state index >= 15 is 0 Å². The molecule has 0 fully saturated rings. The van der Waals surface area contributed by atoms with Crippen molar-refractivity contribution in [1.29, 1.82) is 0 Å². The van der Waals surface area contributed by atoms with Crippen LogP contribution in [0.4, 0.5) is 0 Å². The number of rotatable bonds is 8. The minimum atomic E-state index is -0.0697. The van der Waals surface area contributed by atoms with Gasteiger partial charge in [-0.15, -0.1) is 23.1 Å². The predicted molar refractivity (Wildman–Crippen MR) is 101 cm³/mol. The lowest BCUT2D eigenvalue weighted by molar-refractivity contribution is -0.130. The second-order valence-electron chi connectivity index (χ2n) is 5.43. The normalized spacial score (nSPS) is 10.4. The fourth-order valence-electron chi connectivity index (χ4n) is 2.22. The minimum absolute atomic E-state index is 0.0697. The van der Waals surface area contributed by atoms with E-state index in [1.54, 1.807) is 22.7 Å². The lowest BCUT2D eigenvalue weighted by Crippen LogP contribution is -2.28. The van der Waals surface area contributed by atoms with Gasteiger partial charge in [-0.1, -0.05) is 18.2 Å². The van der Waals surface area contributed by atoms with Crippen molar-refractivity contribution in [2.75, 3.05) is 19.8 Å². The number of nitrogens with one attached hydrogen (secondary N) is 1. The first-order valence-corrected chi connectivity index (χ1v) is 9.89. The molecule has 128 valence electrons. The zero-order valence-electron chi connectivity index (χ0n) is 14.0. The van der Waals surface area contributed by atoms with Gasteiger partial charge in [0.05, 0.1) is 4.88 Å². The zero-order chi connectivity index (χ0) is 17.4. The molecule has 0 atom stereocenters. The topological polar surface area (TPSA) is 49.4 Å². The van der Waals surface area contributed by atoms with Gasteiger partial charge < -0.3 is 10.2 Å². The quantitative estimate of drug-likeness (QED) is 0.576. The molecule has 1 aromatic heterocycles. The molecule has 4 nitrogen and oxygen atoms in total. The first kappa shape index (κ1) is 18.5. The van der Waals surface area contributed by atoms with Crippen LogP contribution in [0.15, 0.2) is 46.7 Å². The summed E-state index contributed by atoms with van der Waals surface area (Å²) in [6.07, 6.45) is 3.12. The van der Waals surface area contributed by atoms with Crippen molar-refractivity contribution in [3.05, 3.63) is 52.2 Å². The standard InChI is InChI=1S/C18H22N2O2S2/c1-20(13-14-7-9-15(23-2)10-8-14)17(21)6-3-11-19-18(22)16-5-4-12-24-16/h4-5,7-10,12H,3,6,11,13H2,1-2H3,(H,19,22). The Morgan fingerprint density at radius 2 is 1.96 bits per heavy atom. The smallest absolute Gasteiger partial charge is 0.261 e. The van der Waals surface area contributed by atoms with Crippen LogP contribution < -0.4 is 5.32 Å². The van der Waals surface area contributed by atoms with Gasteiger partial charge in [-0.3, -0.25) is 9.59 Å². The summed E-state index contributed by atoms with van der Waals surface area (Å²) in [5.41, 5.74) is 1.12. The highest BCUT2D eigenvalue weighted by atomic mass is 32.2. The molecule has 0 aliphatic heterocycles. The monoisotopic (exact) mass is 362 g/mol. The Bertz CT molecular complexity index is 654. The molecule has 6 heteroatoms. The Labute approximate surface area is 151 Å². The van der Waals surface area contributed by atoms with Crippen LogP contribution in [0.1, 0.15) is 28.1 Å². The first-order chi connectivity index (χ1) is 11.6. The van der Waals surface area contributed by atoms with Crippen LogP contribution in [0, 0.1) is 0 Å². The first-order valence-electron chi connectivity index (χ1n) is 7.78. The van der Waals surface area contributed by atoms with E-state index in [1.165, 1.54) is 16.2 Å². The van der Waals surface area contributed by atoms with Crippen molar-refractivity contribution in [1.82, 2.24) is 10.2 Å². The van der Waals surface area contributed by atoms with Crippen LogP contribution in [0.3, 0.4) is 0 Å². The number of benzene rings is 1. The van der Waals surface area contributed by atoms with Crippen LogP contribution in [0.5, 0.6) is 0 Å². The van der Waals surface area contributed by atoms with Gasteiger partial charge in [0.25, 0.3) is 5.91 Å². The highest BCUT2D eigenvalue weighted by molar-refractivity contribution is 7.98. The second-order valence-corrected chi connectivity index (χ2v) is 7.26. The average Bonchev–Trinajstić information content (AvgIpc) is 3.13. The van der Waals surface area contributed by atoms with E-state index in [0.717, 1.165) is 5.56 Å². The number of carbonyl (C=O) groups is 2. The van der Waals surface area contributed by atoms with Crippen LogP contribution >= 0.6 is 23.1 Å². The number of thioether (sulfide) groups is 1. The van der Waals surface area contributed by atoms with Gasteiger partial charge in [-0.2, -0.15) is 0 Å². The van der Waals surface area contributed by atoms with Crippen molar-refractivity contribution in [3.63, 3.8) is 0 Å². The van der Waals surface area contributed by atoms with Gasteiger partial charge in [0.2, 0.25) is 5.91 Å². The van der Waals surface area contributed by atoms with Gasteiger partial charge in [-0.25, -0.2) is 0 Å². The van der Waals surface area contributed by atoms with Gasteiger partial charge in [0.1, 0.15) is 0 Å².